The number of nitrogens with zero attached hydrogens (tertiary/aromatic N) is 1. The highest BCUT2D eigenvalue weighted by Crippen LogP contribution is 2.19. The van der Waals surface area contributed by atoms with Crippen LogP contribution in [0, 0.1) is 11.6 Å². The number of hydrogen-bond acceptors (Lipinski definition) is 2. The summed E-state index contributed by atoms with van der Waals surface area (Å²) in [6.45, 7) is 2.56. The molecule has 1 aromatic heterocycles. The van der Waals surface area contributed by atoms with E-state index in [0.717, 1.165) is 23.4 Å². The molecule has 3 aromatic rings. The molecule has 0 atom stereocenters. The van der Waals surface area contributed by atoms with E-state index < -0.39 is 11.6 Å². The molecule has 0 amide bonds. The van der Waals surface area contributed by atoms with Crippen LogP contribution in [0.3, 0.4) is 0 Å². The molecule has 0 unspecified atom stereocenters. The minimum Gasteiger partial charge on any atom is -0.494 e. The molecule has 21 heavy (non-hydrogen) atoms. The van der Waals surface area contributed by atoms with Gasteiger partial charge in [-0.3, -0.25) is 0 Å². The Morgan fingerprint density at radius 2 is 1.81 bits per heavy atom. The average molecular weight is 288 g/mol. The molecular weight excluding hydrogens is 274 g/mol. The van der Waals surface area contributed by atoms with Crippen LogP contribution in [0.5, 0.6) is 5.75 Å². The molecule has 1 heterocycles. The predicted molar refractivity (Wildman–Crippen MR) is 76.4 cm³/mol. The molecule has 0 bridgehead atoms. The van der Waals surface area contributed by atoms with Crippen LogP contribution in [0.15, 0.2) is 36.4 Å². The lowest BCUT2D eigenvalue weighted by atomic mass is 10.1. The van der Waals surface area contributed by atoms with E-state index in [1.165, 1.54) is 0 Å². The SMILES string of the molecule is CCOc1ccc(Cc2nc3cc(F)c(F)cc3[nH]2)cc1. The van der Waals surface area contributed by atoms with Crippen LogP contribution < -0.4 is 4.74 Å². The number of imidazole rings is 1. The van der Waals surface area contributed by atoms with Crippen LogP contribution in [0.25, 0.3) is 11.0 Å². The molecule has 1 N–H and O–H groups in total. The smallest absolute Gasteiger partial charge is 0.161 e. The third kappa shape index (κ3) is 2.86. The van der Waals surface area contributed by atoms with Gasteiger partial charge in [0.05, 0.1) is 17.6 Å². The van der Waals surface area contributed by atoms with Crippen molar-refractivity contribution >= 4 is 11.0 Å². The van der Waals surface area contributed by atoms with Gasteiger partial charge in [0, 0.05) is 18.6 Å². The Balaban J connectivity index is 1.84. The number of aromatic amines is 1. The first-order chi connectivity index (χ1) is 10.2. The van der Waals surface area contributed by atoms with Crippen molar-refractivity contribution in [3.63, 3.8) is 0 Å². The number of hydrogen-bond donors (Lipinski definition) is 1. The molecular formula is C16H14F2N2O. The van der Waals surface area contributed by atoms with E-state index in [2.05, 4.69) is 9.97 Å². The summed E-state index contributed by atoms with van der Waals surface area (Å²) in [7, 11) is 0. The van der Waals surface area contributed by atoms with E-state index in [1.807, 2.05) is 31.2 Å². The van der Waals surface area contributed by atoms with Gasteiger partial charge < -0.3 is 9.72 Å². The largest absolute Gasteiger partial charge is 0.494 e. The summed E-state index contributed by atoms with van der Waals surface area (Å²) >= 11 is 0. The van der Waals surface area contributed by atoms with Crippen LogP contribution in [-0.4, -0.2) is 16.6 Å². The van der Waals surface area contributed by atoms with Crippen molar-refractivity contribution in [1.29, 1.82) is 0 Å². The summed E-state index contributed by atoms with van der Waals surface area (Å²) < 4.78 is 31.7. The monoisotopic (exact) mass is 288 g/mol. The molecule has 0 saturated heterocycles. The molecule has 0 aliphatic heterocycles. The van der Waals surface area contributed by atoms with Crippen molar-refractivity contribution in [1.82, 2.24) is 9.97 Å². The number of nitrogens with one attached hydrogen (secondary N) is 1. The lowest BCUT2D eigenvalue weighted by Gasteiger charge is -2.03. The lowest BCUT2D eigenvalue weighted by Crippen LogP contribution is -1.93. The zero-order valence-electron chi connectivity index (χ0n) is 11.5. The zero-order chi connectivity index (χ0) is 14.8. The quantitative estimate of drug-likeness (QED) is 0.792. The van der Waals surface area contributed by atoms with E-state index in [1.54, 1.807) is 0 Å². The van der Waals surface area contributed by atoms with Gasteiger partial charge in [0.1, 0.15) is 11.6 Å². The molecule has 0 aliphatic carbocycles. The highest BCUT2D eigenvalue weighted by molar-refractivity contribution is 5.75. The van der Waals surface area contributed by atoms with Crippen molar-refractivity contribution in [3.8, 4) is 5.75 Å². The number of halogens is 2. The number of H-pyrrole nitrogens is 1. The van der Waals surface area contributed by atoms with Gasteiger partial charge in [-0.15, -0.1) is 0 Å². The van der Waals surface area contributed by atoms with Gasteiger partial charge in [-0.1, -0.05) is 12.1 Å². The van der Waals surface area contributed by atoms with Gasteiger partial charge in [-0.2, -0.15) is 0 Å². The third-order valence-electron chi connectivity index (χ3n) is 3.18. The highest BCUT2D eigenvalue weighted by Gasteiger charge is 2.09. The first kappa shape index (κ1) is 13.5. The second kappa shape index (κ2) is 5.52. The van der Waals surface area contributed by atoms with E-state index in [9.17, 15) is 8.78 Å². The van der Waals surface area contributed by atoms with Gasteiger partial charge in [0.15, 0.2) is 11.6 Å². The number of rotatable bonds is 4. The van der Waals surface area contributed by atoms with Crippen LogP contribution in [-0.2, 0) is 6.42 Å². The maximum absolute atomic E-state index is 13.2. The van der Waals surface area contributed by atoms with E-state index in [4.69, 9.17) is 4.74 Å². The molecule has 0 spiro atoms. The van der Waals surface area contributed by atoms with E-state index in [-0.39, 0.29) is 0 Å². The summed E-state index contributed by atoms with van der Waals surface area (Å²) in [5, 5.41) is 0. The number of aromatic nitrogens is 2. The molecule has 2 aromatic carbocycles. The Bertz CT molecular complexity index is 727. The van der Waals surface area contributed by atoms with Crippen molar-refractivity contribution < 1.29 is 13.5 Å². The predicted octanol–water partition coefficient (Wildman–Crippen LogP) is 3.83. The lowest BCUT2D eigenvalue weighted by molar-refractivity contribution is 0.340. The summed E-state index contributed by atoms with van der Waals surface area (Å²) in [6.07, 6.45) is 0.560. The standard InChI is InChI=1S/C16H14F2N2O/c1-2-21-11-5-3-10(4-6-11)7-16-19-14-8-12(17)13(18)9-15(14)20-16/h3-6,8-9H,2,7H2,1H3,(H,19,20). The molecule has 108 valence electrons. The van der Waals surface area contributed by atoms with Gasteiger partial charge in [-0.05, 0) is 24.6 Å². The number of fused-ring (bicyclic) bond motifs is 1. The molecule has 5 heteroatoms. The molecule has 0 fully saturated rings. The number of ether oxygens (including phenoxy) is 1. The van der Waals surface area contributed by atoms with Crippen molar-refractivity contribution in [2.75, 3.05) is 6.61 Å². The molecule has 0 radical (unpaired) electrons. The summed E-state index contributed by atoms with van der Waals surface area (Å²) in [5.74, 6) is -0.283. The van der Waals surface area contributed by atoms with Gasteiger partial charge in [0.25, 0.3) is 0 Å². The Kier molecular flexibility index (Phi) is 3.56. The minimum atomic E-state index is -0.887. The second-order valence-corrected chi connectivity index (χ2v) is 4.72. The van der Waals surface area contributed by atoms with Gasteiger partial charge in [-0.25, -0.2) is 13.8 Å². The Morgan fingerprint density at radius 3 is 2.52 bits per heavy atom. The van der Waals surface area contributed by atoms with E-state index in [0.29, 0.717) is 29.9 Å². The van der Waals surface area contributed by atoms with Crippen LogP contribution >= 0.6 is 0 Å². The maximum Gasteiger partial charge on any atom is 0.161 e. The average Bonchev–Trinajstić information content (AvgIpc) is 2.83. The summed E-state index contributed by atoms with van der Waals surface area (Å²) in [4.78, 5) is 7.28. The van der Waals surface area contributed by atoms with Gasteiger partial charge >= 0.3 is 0 Å². The van der Waals surface area contributed by atoms with E-state index >= 15 is 0 Å². The Hall–Kier alpha value is -2.43. The van der Waals surface area contributed by atoms with Crippen LogP contribution in [0.4, 0.5) is 8.78 Å². The molecule has 0 saturated carbocycles. The van der Waals surface area contributed by atoms with Gasteiger partial charge in [0.2, 0.25) is 0 Å². The fourth-order valence-corrected chi connectivity index (χ4v) is 2.21. The van der Waals surface area contributed by atoms with Crippen molar-refractivity contribution in [2.24, 2.45) is 0 Å². The first-order valence-electron chi connectivity index (χ1n) is 6.71. The third-order valence-corrected chi connectivity index (χ3v) is 3.18. The fourth-order valence-electron chi connectivity index (χ4n) is 2.21. The highest BCUT2D eigenvalue weighted by atomic mass is 19.2. The Labute approximate surface area is 120 Å². The van der Waals surface area contributed by atoms with Crippen molar-refractivity contribution in [2.45, 2.75) is 13.3 Å². The summed E-state index contributed by atoms with van der Waals surface area (Å²) in [6, 6.07) is 9.89. The number of benzene rings is 2. The van der Waals surface area contributed by atoms with Crippen molar-refractivity contribution in [3.05, 3.63) is 59.4 Å². The minimum absolute atomic E-state index is 0.426. The second-order valence-electron chi connectivity index (χ2n) is 4.72. The molecule has 3 rings (SSSR count). The fraction of sp³-hybridized carbons (Fsp3) is 0.188. The first-order valence-corrected chi connectivity index (χ1v) is 6.71. The topological polar surface area (TPSA) is 37.9 Å². The Morgan fingerprint density at radius 1 is 1.10 bits per heavy atom. The molecule has 0 aliphatic rings. The van der Waals surface area contributed by atoms with Crippen LogP contribution in [0.1, 0.15) is 18.3 Å². The zero-order valence-corrected chi connectivity index (χ0v) is 11.5. The maximum atomic E-state index is 13.2. The van der Waals surface area contributed by atoms with Crippen LogP contribution in [0.2, 0.25) is 0 Å². The summed E-state index contributed by atoms with van der Waals surface area (Å²) in [5.41, 5.74) is 1.96. The normalized spacial score (nSPS) is 11.0. The molecule has 3 nitrogen and oxygen atoms in total.